The molecule has 2 aromatic heterocycles. The molecule has 0 spiro atoms. The first-order valence-electron chi connectivity index (χ1n) is 6.36. The second-order valence-corrected chi connectivity index (χ2v) is 5.40. The van der Waals surface area contributed by atoms with Crippen LogP contribution in [0.25, 0.3) is 0 Å². The van der Waals surface area contributed by atoms with Crippen molar-refractivity contribution in [3.8, 4) is 0 Å². The molecule has 104 valence electrons. The van der Waals surface area contributed by atoms with Gasteiger partial charge in [-0.25, -0.2) is 0 Å². The number of aromatic nitrogens is 4. The number of hydrogen-bond donors (Lipinski definition) is 0. The van der Waals surface area contributed by atoms with E-state index in [4.69, 9.17) is 11.6 Å². The third-order valence-corrected chi connectivity index (χ3v) is 3.64. The van der Waals surface area contributed by atoms with E-state index in [9.17, 15) is 4.79 Å². The van der Waals surface area contributed by atoms with Crippen LogP contribution in [0.15, 0.2) is 18.5 Å². The number of pyridine rings is 1. The van der Waals surface area contributed by atoms with Gasteiger partial charge >= 0.3 is 0 Å². The molecule has 0 saturated heterocycles. The third-order valence-electron chi connectivity index (χ3n) is 3.43. The molecule has 3 rings (SSSR count). The van der Waals surface area contributed by atoms with Crippen LogP contribution in [0.5, 0.6) is 0 Å². The summed E-state index contributed by atoms with van der Waals surface area (Å²) < 4.78 is 2.07. The molecule has 1 amide bonds. The Morgan fingerprint density at radius 3 is 2.95 bits per heavy atom. The maximum Gasteiger partial charge on any atom is 0.255 e. The van der Waals surface area contributed by atoms with Crippen molar-refractivity contribution in [1.29, 1.82) is 0 Å². The monoisotopic (exact) mass is 291 g/mol. The van der Waals surface area contributed by atoms with Crippen LogP contribution in [0.1, 0.15) is 35.0 Å². The molecular formula is C13H14ClN5O. The van der Waals surface area contributed by atoms with E-state index in [1.807, 2.05) is 6.92 Å². The number of rotatable bonds is 1. The molecule has 0 aromatic carbocycles. The Balaban J connectivity index is 1.88. The summed E-state index contributed by atoms with van der Waals surface area (Å²) in [5, 5.41) is 8.66. The second-order valence-electron chi connectivity index (χ2n) is 4.96. The van der Waals surface area contributed by atoms with Gasteiger partial charge in [-0.05, 0) is 19.9 Å². The average Bonchev–Trinajstić information content (AvgIpc) is 2.80. The first kappa shape index (κ1) is 13.1. The van der Waals surface area contributed by atoms with Gasteiger partial charge in [0.1, 0.15) is 5.82 Å². The Morgan fingerprint density at radius 1 is 1.40 bits per heavy atom. The van der Waals surface area contributed by atoms with Crippen LogP contribution in [0.2, 0.25) is 5.02 Å². The lowest BCUT2D eigenvalue weighted by molar-refractivity contribution is 0.0679. The minimum atomic E-state index is -0.0845. The van der Waals surface area contributed by atoms with Gasteiger partial charge in [-0.15, -0.1) is 10.2 Å². The molecular weight excluding hydrogens is 278 g/mol. The highest BCUT2D eigenvalue weighted by molar-refractivity contribution is 6.30. The lowest BCUT2D eigenvalue weighted by atomic mass is 10.2. The van der Waals surface area contributed by atoms with Gasteiger partial charge in [-0.1, -0.05) is 11.6 Å². The molecule has 1 aliphatic heterocycles. The van der Waals surface area contributed by atoms with Crippen molar-refractivity contribution in [3.63, 3.8) is 0 Å². The Kier molecular flexibility index (Phi) is 3.17. The molecule has 0 bridgehead atoms. The average molecular weight is 292 g/mol. The highest BCUT2D eigenvalue weighted by Gasteiger charge is 2.28. The van der Waals surface area contributed by atoms with Gasteiger partial charge in [0.05, 0.1) is 23.2 Å². The molecule has 20 heavy (non-hydrogen) atoms. The Morgan fingerprint density at radius 2 is 2.20 bits per heavy atom. The Bertz CT molecular complexity index is 669. The van der Waals surface area contributed by atoms with Gasteiger partial charge in [-0.3, -0.25) is 9.78 Å². The van der Waals surface area contributed by atoms with Gasteiger partial charge in [-0.2, -0.15) is 0 Å². The van der Waals surface area contributed by atoms with E-state index >= 15 is 0 Å². The number of carbonyl (C=O) groups excluding carboxylic acids is 1. The second kappa shape index (κ2) is 4.86. The maximum absolute atomic E-state index is 12.5. The lowest BCUT2D eigenvalue weighted by Crippen LogP contribution is -2.40. The van der Waals surface area contributed by atoms with Crippen molar-refractivity contribution in [2.75, 3.05) is 6.54 Å². The fraction of sp³-hybridized carbons (Fsp3) is 0.385. The zero-order valence-electron chi connectivity index (χ0n) is 11.2. The van der Waals surface area contributed by atoms with Crippen LogP contribution in [-0.2, 0) is 6.54 Å². The fourth-order valence-electron chi connectivity index (χ4n) is 2.60. The van der Waals surface area contributed by atoms with Gasteiger partial charge in [0.15, 0.2) is 5.82 Å². The standard InChI is InChI=1S/C13H14ClN5O/c1-8-6-18(7-12-17-16-9(2)19(8)12)13(20)10-3-11(14)5-15-4-10/h3-5,8H,6-7H2,1-2H3/t8-/m0/s1. The number of aryl methyl sites for hydroxylation is 1. The largest absolute Gasteiger partial charge is 0.329 e. The van der Waals surface area contributed by atoms with Crippen LogP contribution < -0.4 is 0 Å². The highest BCUT2D eigenvalue weighted by atomic mass is 35.5. The quantitative estimate of drug-likeness (QED) is 0.804. The molecule has 7 heteroatoms. The van der Waals surface area contributed by atoms with Crippen molar-refractivity contribution in [2.45, 2.75) is 26.4 Å². The molecule has 0 saturated carbocycles. The number of amides is 1. The van der Waals surface area contributed by atoms with Gasteiger partial charge in [0.2, 0.25) is 0 Å². The van der Waals surface area contributed by atoms with E-state index in [2.05, 4.69) is 26.7 Å². The minimum absolute atomic E-state index is 0.0845. The number of fused-ring (bicyclic) bond motifs is 1. The van der Waals surface area contributed by atoms with E-state index < -0.39 is 0 Å². The Labute approximate surface area is 121 Å². The van der Waals surface area contributed by atoms with Crippen molar-refractivity contribution in [3.05, 3.63) is 40.7 Å². The summed E-state index contributed by atoms with van der Waals surface area (Å²) in [4.78, 5) is 18.2. The summed E-state index contributed by atoms with van der Waals surface area (Å²) in [5.41, 5.74) is 0.495. The summed E-state index contributed by atoms with van der Waals surface area (Å²) >= 11 is 5.88. The van der Waals surface area contributed by atoms with E-state index in [0.717, 1.165) is 11.6 Å². The molecule has 2 aromatic rings. The van der Waals surface area contributed by atoms with Crippen molar-refractivity contribution < 1.29 is 4.79 Å². The normalized spacial score (nSPS) is 17.9. The van der Waals surface area contributed by atoms with Crippen LogP contribution in [0.3, 0.4) is 0 Å². The molecule has 1 atom stereocenters. The van der Waals surface area contributed by atoms with Crippen LogP contribution in [-0.4, -0.2) is 37.1 Å². The third kappa shape index (κ3) is 2.16. The van der Waals surface area contributed by atoms with Gasteiger partial charge < -0.3 is 9.47 Å². The van der Waals surface area contributed by atoms with E-state index in [1.165, 1.54) is 12.4 Å². The predicted octanol–water partition coefficient (Wildman–Crippen LogP) is 1.85. The Hall–Kier alpha value is -1.95. The molecule has 1 aliphatic rings. The molecule has 0 unspecified atom stereocenters. The van der Waals surface area contributed by atoms with Crippen molar-refractivity contribution >= 4 is 17.5 Å². The smallest absolute Gasteiger partial charge is 0.255 e. The van der Waals surface area contributed by atoms with Crippen LogP contribution >= 0.6 is 11.6 Å². The number of carbonyl (C=O) groups is 1. The summed E-state index contributed by atoms with van der Waals surface area (Å²) in [6, 6.07) is 1.79. The van der Waals surface area contributed by atoms with E-state index in [1.54, 1.807) is 11.0 Å². The zero-order chi connectivity index (χ0) is 14.3. The highest BCUT2D eigenvalue weighted by Crippen LogP contribution is 2.22. The van der Waals surface area contributed by atoms with E-state index in [0.29, 0.717) is 23.7 Å². The van der Waals surface area contributed by atoms with Crippen molar-refractivity contribution in [2.24, 2.45) is 0 Å². The van der Waals surface area contributed by atoms with Crippen LogP contribution in [0.4, 0.5) is 0 Å². The summed E-state index contributed by atoms with van der Waals surface area (Å²) in [6.07, 6.45) is 3.04. The zero-order valence-corrected chi connectivity index (χ0v) is 12.0. The topological polar surface area (TPSA) is 63.9 Å². The SMILES string of the molecule is Cc1nnc2n1[C@@H](C)CN(C(=O)c1cncc(Cl)c1)C2. The van der Waals surface area contributed by atoms with Gasteiger partial charge in [0.25, 0.3) is 5.91 Å². The van der Waals surface area contributed by atoms with Crippen LogP contribution in [0, 0.1) is 6.92 Å². The molecule has 0 N–H and O–H groups in total. The summed E-state index contributed by atoms with van der Waals surface area (Å²) in [7, 11) is 0. The molecule has 6 nitrogen and oxygen atoms in total. The molecule has 0 aliphatic carbocycles. The molecule has 0 radical (unpaired) electrons. The van der Waals surface area contributed by atoms with Crippen molar-refractivity contribution in [1.82, 2.24) is 24.6 Å². The summed E-state index contributed by atoms with van der Waals surface area (Å²) in [5.74, 6) is 1.60. The minimum Gasteiger partial charge on any atom is -0.329 e. The number of nitrogens with zero attached hydrogens (tertiary/aromatic N) is 5. The number of halogens is 1. The predicted molar refractivity (Wildman–Crippen MR) is 73.5 cm³/mol. The first-order valence-corrected chi connectivity index (χ1v) is 6.74. The maximum atomic E-state index is 12.5. The van der Waals surface area contributed by atoms with Gasteiger partial charge in [0, 0.05) is 18.9 Å². The van der Waals surface area contributed by atoms with E-state index in [-0.39, 0.29) is 11.9 Å². The first-order chi connectivity index (χ1) is 9.56. The number of hydrogen-bond acceptors (Lipinski definition) is 4. The summed E-state index contributed by atoms with van der Waals surface area (Å²) in [6.45, 7) is 5.05. The lowest BCUT2D eigenvalue weighted by Gasteiger charge is -2.32. The molecule has 3 heterocycles. The molecule has 0 fully saturated rings. The fourth-order valence-corrected chi connectivity index (χ4v) is 2.77.